The summed E-state index contributed by atoms with van der Waals surface area (Å²) >= 11 is 0.943. The zero-order valence-electron chi connectivity index (χ0n) is 15.8. The van der Waals surface area contributed by atoms with E-state index in [0.717, 1.165) is 36.0 Å². The topological polar surface area (TPSA) is 69.6 Å². The van der Waals surface area contributed by atoms with E-state index < -0.39 is 11.9 Å². The number of rotatable bonds is 5. The van der Waals surface area contributed by atoms with E-state index in [-0.39, 0.29) is 25.0 Å². The minimum atomic E-state index is -4.44. The number of thiazole rings is 1. The lowest BCUT2D eigenvalue weighted by atomic mass is 9.86. The Hall–Kier alpha value is -1.84. The van der Waals surface area contributed by atoms with Crippen LogP contribution in [0, 0.1) is 5.92 Å². The lowest BCUT2D eigenvalue weighted by Gasteiger charge is -2.30. The minimum Gasteiger partial charge on any atom is -0.353 e. The van der Waals surface area contributed by atoms with Crippen molar-refractivity contribution in [3.8, 4) is 0 Å². The number of alkyl halides is 3. The van der Waals surface area contributed by atoms with Gasteiger partial charge in [0.05, 0.1) is 6.54 Å². The van der Waals surface area contributed by atoms with Crippen molar-refractivity contribution in [2.75, 3.05) is 20.6 Å². The summed E-state index contributed by atoms with van der Waals surface area (Å²) in [6, 6.07) is 0.224. The summed E-state index contributed by atoms with van der Waals surface area (Å²) in [5.41, 5.74) is -0.889. The Morgan fingerprint density at radius 2 is 2.07 bits per heavy atom. The molecule has 1 fully saturated rings. The highest BCUT2D eigenvalue weighted by atomic mass is 32.1. The van der Waals surface area contributed by atoms with Gasteiger partial charge in [-0.3, -0.25) is 4.79 Å². The standard InChI is InChI=1S/C17H26F3N5OS/c1-11-6-4-5-7-12(11)23-16(22-9-15(26)25(2)3)21-8-14-24-13(10-27-14)17(18,19)20/h10-12H,4-9H2,1-3H3,(H2,21,22,23). The fourth-order valence-corrected chi connectivity index (χ4v) is 3.57. The number of nitrogens with one attached hydrogen (secondary N) is 2. The van der Waals surface area contributed by atoms with Crippen LogP contribution in [0.15, 0.2) is 10.4 Å². The molecule has 1 aliphatic carbocycles. The molecule has 0 radical (unpaired) electrons. The predicted molar refractivity (Wildman–Crippen MR) is 99.5 cm³/mol. The summed E-state index contributed by atoms with van der Waals surface area (Å²) < 4.78 is 38.0. The molecule has 2 unspecified atom stereocenters. The summed E-state index contributed by atoms with van der Waals surface area (Å²) in [7, 11) is 3.30. The van der Waals surface area contributed by atoms with Crippen LogP contribution in [-0.2, 0) is 17.5 Å². The first-order chi connectivity index (χ1) is 12.7. The first-order valence-corrected chi connectivity index (χ1v) is 9.81. The summed E-state index contributed by atoms with van der Waals surface area (Å²) in [5.74, 6) is 0.737. The van der Waals surface area contributed by atoms with Gasteiger partial charge >= 0.3 is 6.18 Å². The first kappa shape index (κ1) is 21.5. The summed E-state index contributed by atoms with van der Waals surface area (Å²) in [4.78, 5) is 21.2. The van der Waals surface area contributed by atoms with Gasteiger partial charge in [0, 0.05) is 25.5 Å². The fourth-order valence-electron chi connectivity index (χ4n) is 2.83. The number of carbonyl (C=O) groups is 1. The smallest absolute Gasteiger partial charge is 0.353 e. The van der Waals surface area contributed by atoms with Gasteiger partial charge in [-0.1, -0.05) is 19.8 Å². The van der Waals surface area contributed by atoms with Gasteiger partial charge in [-0.15, -0.1) is 11.3 Å². The van der Waals surface area contributed by atoms with Crippen molar-refractivity contribution in [3.05, 3.63) is 16.1 Å². The third kappa shape index (κ3) is 6.67. The van der Waals surface area contributed by atoms with Crippen molar-refractivity contribution in [1.29, 1.82) is 0 Å². The van der Waals surface area contributed by atoms with Crippen LogP contribution in [0.3, 0.4) is 0 Å². The average Bonchev–Trinajstić information content (AvgIpc) is 3.08. The van der Waals surface area contributed by atoms with Gasteiger partial charge in [-0.05, 0) is 18.8 Å². The molecule has 0 aromatic carbocycles. The third-order valence-corrected chi connectivity index (χ3v) is 5.40. The molecule has 0 aliphatic heterocycles. The van der Waals surface area contributed by atoms with Gasteiger partial charge in [0.25, 0.3) is 0 Å². The second-order valence-corrected chi connectivity index (χ2v) is 7.89. The molecule has 152 valence electrons. The number of guanidine groups is 1. The molecule has 1 aliphatic rings. The Morgan fingerprint density at radius 1 is 1.37 bits per heavy atom. The SMILES string of the molecule is CC1CCCCC1NC(=NCC(=O)N(C)C)NCc1nc(C(F)(F)F)cs1. The Bertz CT molecular complexity index is 659. The van der Waals surface area contributed by atoms with E-state index in [2.05, 4.69) is 27.5 Å². The molecule has 1 saturated carbocycles. The lowest BCUT2D eigenvalue weighted by Crippen LogP contribution is -2.47. The maximum absolute atomic E-state index is 12.7. The second-order valence-electron chi connectivity index (χ2n) is 6.94. The third-order valence-electron chi connectivity index (χ3n) is 4.55. The van der Waals surface area contributed by atoms with Crippen molar-refractivity contribution in [2.24, 2.45) is 10.9 Å². The molecule has 1 aromatic rings. The molecule has 1 amide bonds. The van der Waals surface area contributed by atoms with Crippen molar-refractivity contribution in [1.82, 2.24) is 20.5 Å². The van der Waals surface area contributed by atoms with Crippen LogP contribution in [0.25, 0.3) is 0 Å². The molecule has 2 atom stereocenters. The predicted octanol–water partition coefficient (Wildman–Crippen LogP) is 2.86. The maximum atomic E-state index is 12.7. The molecule has 6 nitrogen and oxygen atoms in total. The van der Waals surface area contributed by atoms with Gasteiger partial charge in [-0.2, -0.15) is 13.2 Å². The van der Waals surface area contributed by atoms with Crippen molar-refractivity contribution in [3.63, 3.8) is 0 Å². The number of amides is 1. The van der Waals surface area contributed by atoms with Gasteiger partial charge < -0.3 is 15.5 Å². The van der Waals surface area contributed by atoms with Gasteiger partial charge in [0.2, 0.25) is 5.91 Å². The summed E-state index contributed by atoms with van der Waals surface area (Å²) in [6.07, 6.45) is -0.0212. The average molecular weight is 405 g/mol. The first-order valence-electron chi connectivity index (χ1n) is 8.93. The Labute approximate surface area is 161 Å². The van der Waals surface area contributed by atoms with Crippen LogP contribution >= 0.6 is 11.3 Å². The molecule has 1 aromatic heterocycles. The van der Waals surface area contributed by atoms with E-state index in [0.29, 0.717) is 16.9 Å². The molecular formula is C17H26F3N5OS. The van der Waals surface area contributed by atoms with Crippen LogP contribution in [0.4, 0.5) is 13.2 Å². The van der Waals surface area contributed by atoms with E-state index in [1.165, 1.54) is 11.3 Å². The summed E-state index contributed by atoms with van der Waals surface area (Å²) in [5, 5.41) is 7.65. The minimum absolute atomic E-state index is 0.0326. The fraction of sp³-hybridized carbons (Fsp3) is 0.706. The van der Waals surface area contributed by atoms with Gasteiger partial charge in [-0.25, -0.2) is 9.98 Å². The van der Waals surface area contributed by atoms with E-state index in [4.69, 9.17) is 0 Å². The van der Waals surface area contributed by atoms with Crippen molar-refractivity contribution < 1.29 is 18.0 Å². The number of hydrogen-bond acceptors (Lipinski definition) is 4. The van der Waals surface area contributed by atoms with Crippen LogP contribution < -0.4 is 10.6 Å². The highest BCUT2D eigenvalue weighted by Crippen LogP contribution is 2.30. The summed E-state index contributed by atoms with van der Waals surface area (Å²) in [6.45, 7) is 2.24. The van der Waals surface area contributed by atoms with Crippen LogP contribution in [-0.4, -0.2) is 48.4 Å². The highest BCUT2D eigenvalue weighted by molar-refractivity contribution is 7.09. The molecule has 27 heavy (non-hydrogen) atoms. The lowest BCUT2D eigenvalue weighted by molar-refractivity contribution is -0.140. The molecule has 2 N–H and O–H groups in total. The number of carbonyl (C=O) groups excluding carboxylic acids is 1. The zero-order valence-corrected chi connectivity index (χ0v) is 16.6. The number of halogens is 3. The Morgan fingerprint density at radius 3 is 2.67 bits per heavy atom. The molecule has 0 spiro atoms. The quantitative estimate of drug-likeness (QED) is 0.584. The number of aromatic nitrogens is 1. The Balaban J connectivity index is 2.03. The number of likely N-dealkylation sites (N-methyl/N-ethyl adjacent to an activating group) is 1. The number of hydrogen-bond donors (Lipinski definition) is 2. The second kappa shape index (κ2) is 9.38. The maximum Gasteiger partial charge on any atom is 0.434 e. The molecule has 2 rings (SSSR count). The van der Waals surface area contributed by atoms with E-state index >= 15 is 0 Å². The molecular weight excluding hydrogens is 379 g/mol. The monoisotopic (exact) mass is 405 g/mol. The Kier molecular flexibility index (Phi) is 7.46. The molecule has 1 heterocycles. The van der Waals surface area contributed by atoms with Crippen molar-refractivity contribution >= 4 is 23.2 Å². The zero-order chi connectivity index (χ0) is 20.0. The molecule has 0 saturated heterocycles. The van der Waals surface area contributed by atoms with Gasteiger partial charge in [0.15, 0.2) is 11.7 Å². The number of aliphatic imine (C=N–C) groups is 1. The van der Waals surface area contributed by atoms with Crippen LogP contribution in [0.5, 0.6) is 0 Å². The number of nitrogens with zero attached hydrogens (tertiary/aromatic N) is 3. The van der Waals surface area contributed by atoms with E-state index in [9.17, 15) is 18.0 Å². The normalized spacial score (nSPS) is 21.0. The van der Waals surface area contributed by atoms with Crippen molar-refractivity contribution in [2.45, 2.75) is 51.4 Å². The van der Waals surface area contributed by atoms with E-state index in [1.54, 1.807) is 14.1 Å². The highest BCUT2D eigenvalue weighted by Gasteiger charge is 2.33. The van der Waals surface area contributed by atoms with Gasteiger partial charge in [0.1, 0.15) is 11.6 Å². The molecule has 0 bridgehead atoms. The van der Waals surface area contributed by atoms with Crippen LogP contribution in [0.1, 0.15) is 43.3 Å². The largest absolute Gasteiger partial charge is 0.434 e. The van der Waals surface area contributed by atoms with Crippen LogP contribution in [0.2, 0.25) is 0 Å². The van der Waals surface area contributed by atoms with E-state index in [1.807, 2.05) is 0 Å². The molecule has 10 heteroatoms.